The predicted octanol–water partition coefficient (Wildman–Crippen LogP) is 2.02. The van der Waals surface area contributed by atoms with Crippen LogP contribution in [0.2, 0.25) is 0 Å². The van der Waals surface area contributed by atoms with Gasteiger partial charge in [-0.15, -0.1) is 11.3 Å². The number of aromatic nitrogens is 1. The van der Waals surface area contributed by atoms with Crippen LogP contribution < -0.4 is 30.0 Å². The molecule has 4 rings (SSSR count). The maximum Gasteiger partial charge on any atom is 0.338 e. The molecule has 2 heterocycles. The number of fused-ring (bicyclic) bond motifs is 1. The molecular formula is C25H24N2O5S. The summed E-state index contributed by atoms with van der Waals surface area (Å²) < 4.78 is 18.3. The van der Waals surface area contributed by atoms with Gasteiger partial charge in [-0.1, -0.05) is 24.3 Å². The molecule has 2 aromatic carbocycles. The van der Waals surface area contributed by atoms with Gasteiger partial charge in [0.25, 0.3) is 5.56 Å². The van der Waals surface area contributed by atoms with Crippen LogP contribution in [-0.4, -0.2) is 31.4 Å². The maximum absolute atomic E-state index is 13.2. The second-order valence-corrected chi connectivity index (χ2v) is 8.36. The number of hydrogen-bond acceptors (Lipinski definition) is 7. The average Bonchev–Trinajstić information content (AvgIpc) is 3.14. The van der Waals surface area contributed by atoms with Crippen LogP contribution in [0.15, 0.2) is 58.9 Å². The first-order valence-corrected chi connectivity index (χ1v) is 11.2. The average molecular weight is 465 g/mol. The maximum atomic E-state index is 13.2. The normalized spacial score (nSPS) is 15.6. The predicted molar refractivity (Wildman–Crippen MR) is 129 cm³/mol. The number of rotatable bonds is 6. The van der Waals surface area contributed by atoms with Gasteiger partial charge in [0.2, 0.25) is 0 Å². The summed E-state index contributed by atoms with van der Waals surface area (Å²) in [5, 5.41) is 0. The molecule has 0 radical (unpaired) electrons. The van der Waals surface area contributed by atoms with Crippen molar-refractivity contribution in [3.63, 3.8) is 0 Å². The highest BCUT2D eigenvalue weighted by Gasteiger charge is 2.31. The van der Waals surface area contributed by atoms with Crippen LogP contribution in [0.4, 0.5) is 0 Å². The van der Waals surface area contributed by atoms with Crippen molar-refractivity contribution in [1.82, 2.24) is 4.57 Å². The Bertz CT molecular complexity index is 1380. The van der Waals surface area contributed by atoms with Crippen LogP contribution in [0.1, 0.15) is 24.0 Å². The standard InChI is InChI=1S/C25H24N2O5S/c1-4-32-25(29)22-19(16-7-11-18(31-3)12-8-16)14-21-27(23(22)26)24(28)20(33-21)13-15-5-9-17(30-2)10-6-15/h5-14,19H,4,26H2,1-3H3/b20-13-/t19-/m0/s1. The van der Waals surface area contributed by atoms with Crippen LogP contribution in [0.5, 0.6) is 11.5 Å². The van der Waals surface area contributed by atoms with E-state index >= 15 is 0 Å². The van der Waals surface area contributed by atoms with E-state index in [0.717, 1.165) is 16.9 Å². The third-order valence-electron chi connectivity index (χ3n) is 5.37. The number of methoxy groups -OCH3 is 2. The number of ether oxygens (including phenoxy) is 3. The van der Waals surface area contributed by atoms with E-state index in [9.17, 15) is 9.59 Å². The zero-order chi connectivity index (χ0) is 23.5. The molecular weight excluding hydrogens is 440 g/mol. The largest absolute Gasteiger partial charge is 0.497 e. The van der Waals surface area contributed by atoms with E-state index in [1.54, 1.807) is 27.2 Å². The lowest BCUT2D eigenvalue weighted by molar-refractivity contribution is -0.138. The fraction of sp³-hybridized carbons (Fsp3) is 0.200. The van der Waals surface area contributed by atoms with Crippen LogP contribution in [0.25, 0.3) is 18.0 Å². The van der Waals surface area contributed by atoms with E-state index in [1.165, 1.54) is 15.9 Å². The Labute approximate surface area is 194 Å². The van der Waals surface area contributed by atoms with E-state index < -0.39 is 11.9 Å². The smallest absolute Gasteiger partial charge is 0.338 e. The van der Waals surface area contributed by atoms with Gasteiger partial charge in [0.1, 0.15) is 22.0 Å². The topological polar surface area (TPSA) is 92.8 Å². The first kappa shape index (κ1) is 22.4. The third-order valence-corrected chi connectivity index (χ3v) is 6.41. The van der Waals surface area contributed by atoms with Gasteiger partial charge in [-0.3, -0.25) is 9.36 Å². The molecule has 170 valence electrons. The Morgan fingerprint density at radius 1 is 1.06 bits per heavy atom. The van der Waals surface area contributed by atoms with Crippen molar-refractivity contribution in [2.24, 2.45) is 5.73 Å². The van der Waals surface area contributed by atoms with Gasteiger partial charge in [0, 0.05) is 5.92 Å². The first-order chi connectivity index (χ1) is 16.0. The summed E-state index contributed by atoms with van der Waals surface area (Å²) in [6.07, 6.45) is 3.67. The second kappa shape index (κ2) is 9.38. The van der Waals surface area contributed by atoms with E-state index in [1.807, 2.05) is 54.6 Å². The summed E-state index contributed by atoms with van der Waals surface area (Å²) in [6, 6.07) is 14.8. The summed E-state index contributed by atoms with van der Waals surface area (Å²) in [7, 11) is 3.19. The quantitative estimate of drug-likeness (QED) is 0.561. The number of carbonyl (C=O) groups is 1. The summed E-state index contributed by atoms with van der Waals surface area (Å²) in [6.45, 7) is 1.93. The van der Waals surface area contributed by atoms with E-state index in [0.29, 0.717) is 14.9 Å². The Morgan fingerprint density at radius 2 is 1.67 bits per heavy atom. The van der Waals surface area contributed by atoms with Crippen molar-refractivity contribution in [3.05, 3.63) is 84.8 Å². The molecule has 0 saturated carbocycles. The highest BCUT2D eigenvalue weighted by atomic mass is 32.1. The summed E-state index contributed by atoms with van der Waals surface area (Å²) in [5.74, 6) is 0.519. The number of benzene rings is 2. The number of nitrogens with two attached hydrogens (primary N) is 1. The molecule has 0 aliphatic carbocycles. The second-order valence-electron chi connectivity index (χ2n) is 7.30. The third kappa shape index (κ3) is 4.29. The molecule has 33 heavy (non-hydrogen) atoms. The minimum atomic E-state index is -0.545. The number of hydrogen-bond donors (Lipinski definition) is 1. The van der Waals surface area contributed by atoms with Crippen LogP contribution in [0, 0.1) is 0 Å². The van der Waals surface area contributed by atoms with Crippen molar-refractivity contribution < 1.29 is 19.0 Å². The fourth-order valence-electron chi connectivity index (χ4n) is 3.71. The molecule has 1 aliphatic heterocycles. The van der Waals surface area contributed by atoms with Gasteiger partial charge in [-0.05, 0) is 54.5 Å². The molecule has 0 amide bonds. The lowest BCUT2D eigenvalue weighted by Crippen LogP contribution is -2.38. The van der Waals surface area contributed by atoms with Gasteiger partial charge in [0.05, 0.1) is 30.9 Å². The monoisotopic (exact) mass is 464 g/mol. The molecule has 3 aromatic rings. The molecule has 0 spiro atoms. The highest BCUT2D eigenvalue weighted by Crippen LogP contribution is 2.32. The van der Waals surface area contributed by atoms with Gasteiger partial charge in [-0.2, -0.15) is 0 Å². The molecule has 1 aromatic heterocycles. The summed E-state index contributed by atoms with van der Waals surface area (Å²) >= 11 is 1.32. The molecule has 2 N–H and O–H groups in total. The minimum Gasteiger partial charge on any atom is -0.497 e. The lowest BCUT2D eigenvalue weighted by Gasteiger charge is -2.22. The van der Waals surface area contributed by atoms with E-state index in [-0.39, 0.29) is 23.6 Å². The Morgan fingerprint density at radius 3 is 2.24 bits per heavy atom. The molecule has 1 atom stereocenters. The zero-order valence-corrected chi connectivity index (χ0v) is 19.3. The van der Waals surface area contributed by atoms with Gasteiger partial charge < -0.3 is 19.9 Å². The van der Waals surface area contributed by atoms with Crippen LogP contribution >= 0.6 is 11.3 Å². The summed E-state index contributed by atoms with van der Waals surface area (Å²) in [5.41, 5.74) is 8.08. The van der Waals surface area contributed by atoms with Crippen molar-refractivity contribution in [3.8, 4) is 11.5 Å². The van der Waals surface area contributed by atoms with E-state index in [4.69, 9.17) is 19.9 Å². The lowest BCUT2D eigenvalue weighted by atomic mass is 9.89. The molecule has 0 fully saturated rings. The first-order valence-electron chi connectivity index (χ1n) is 10.4. The number of thiazole rings is 1. The number of nitrogens with zero attached hydrogens (tertiary/aromatic N) is 1. The van der Waals surface area contributed by atoms with Crippen molar-refractivity contribution in [1.29, 1.82) is 0 Å². The zero-order valence-electron chi connectivity index (χ0n) is 18.5. The van der Waals surface area contributed by atoms with Crippen molar-refractivity contribution >= 4 is 35.3 Å². The number of esters is 1. The Balaban J connectivity index is 1.89. The molecule has 7 nitrogen and oxygen atoms in total. The molecule has 0 unspecified atom stereocenters. The van der Waals surface area contributed by atoms with Crippen molar-refractivity contribution in [2.75, 3.05) is 20.8 Å². The van der Waals surface area contributed by atoms with Crippen LogP contribution in [-0.2, 0) is 9.53 Å². The van der Waals surface area contributed by atoms with Crippen LogP contribution in [0.3, 0.4) is 0 Å². The number of carbonyl (C=O) groups excluding carboxylic acids is 1. The Hall–Kier alpha value is -3.78. The van der Waals surface area contributed by atoms with Gasteiger partial charge in [0.15, 0.2) is 0 Å². The van der Waals surface area contributed by atoms with Gasteiger partial charge >= 0.3 is 5.97 Å². The molecule has 8 heteroatoms. The summed E-state index contributed by atoms with van der Waals surface area (Å²) in [4.78, 5) is 26.1. The Kier molecular flexibility index (Phi) is 6.37. The van der Waals surface area contributed by atoms with Gasteiger partial charge in [-0.25, -0.2) is 4.79 Å². The molecule has 0 saturated heterocycles. The fourth-order valence-corrected chi connectivity index (χ4v) is 4.79. The highest BCUT2D eigenvalue weighted by molar-refractivity contribution is 7.07. The molecule has 1 aliphatic rings. The van der Waals surface area contributed by atoms with E-state index in [2.05, 4.69) is 0 Å². The minimum absolute atomic E-state index is 0.0856. The SMILES string of the molecule is CCOC(=O)C1=C(N)n2c(s/c(=C\c3ccc(OC)cc3)c2=O)=C[C@H]1c1ccc(OC)cc1. The molecule has 0 bridgehead atoms. The van der Waals surface area contributed by atoms with Crippen molar-refractivity contribution in [2.45, 2.75) is 12.8 Å².